The third-order valence-corrected chi connectivity index (χ3v) is 3.71. The van der Waals surface area contributed by atoms with Crippen molar-refractivity contribution in [2.75, 3.05) is 19.4 Å². The number of thioether (sulfide) groups is 1. The molecule has 118 valence electrons. The molecule has 0 fully saturated rings. The van der Waals surface area contributed by atoms with E-state index < -0.39 is 0 Å². The highest BCUT2D eigenvalue weighted by molar-refractivity contribution is 7.99. The minimum absolute atomic E-state index is 0.0340. The molecule has 22 heavy (non-hydrogen) atoms. The average Bonchev–Trinajstić information content (AvgIpc) is 2.99. The summed E-state index contributed by atoms with van der Waals surface area (Å²) in [6.07, 6.45) is 0. The van der Waals surface area contributed by atoms with Crippen LogP contribution in [0.1, 0.15) is 13.8 Å². The maximum atomic E-state index is 11.8. The summed E-state index contributed by atoms with van der Waals surface area (Å²) < 4.78 is 6.88. The van der Waals surface area contributed by atoms with Crippen LogP contribution in [-0.2, 0) is 4.79 Å². The molecule has 0 atom stereocenters. The van der Waals surface area contributed by atoms with Gasteiger partial charge in [-0.2, -0.15) is 4.68 Å². The van der Waals surface area contributed by atoms with Gasteiger partial charge in [-0.15, -0.1) is 5.10 Å². The monoisotopic (exact) mass is 321 g/mol. The molecular weight excluding hydrogens is 302 g/mol. The van der Waals surface area contributed by atoms with Crippen LogP contribution in [0.5, 0.6) is 5.75 Å². The number of rotatable bonds is 7. The number of para-hydroxylation sites is 2. The average molecular weight is 321 g/mol. The van der Waals surface area contributed by atoms with Gasteiger partial charge in [-0.05, 0) is 28.5 Å². The fourth-order valence-corrected chi connectivity index (χ4v) is 2.44. The van der Waals surface area contributed by atoms with Gasteiger partial charge in [0.1, 0.15) is 11.4 Å². The minimum atomic E-state index is -0.0340. The first-order valence-corrected chi connectivity index (χ1v) is 7.91. The Hall–Kier alpha value is -2.09. The Morgan fingerprint density at radius 2 is 2.18 bits per heavy atom. The van der Waals surface area contributed by atoms with Crippen molar-refractivity contribution in [1.82, 2.24) is 25.5 Å². The van der Waals surface area contributed by atoms with E-state index >= 15 is 0 Å². The molecule has 1 N–H and O–H groups in total. The lowest BCUT2D eigenvalue weighted by Crippen LogP contribution is -2.28. The maximum absolute atomic E-state index is 11.8. The Kier molecular flexibility index (Phi) is 5.76. The van der Waals surface area contributed by atoms with Crippen LogP contribution in [0.3, 0.4) is 0 Å². The van der Waals surface area contributed by atoms with Crippen molar-refractivity contribution >= 4 is 17.7 Å². The summed E-state index contributed by atoms with van der Waals surface area (Å²) in [6, 6.07) is 7.45. The number of benzene rings is 1. The Balaban J connectivity index is 2.05. The van der Waals surface area contributed by atoms with Gasteiger partial charge >= 0.3 is 0 Å². The van der Waals surface area contributed by atoms with E-state index in [1.165, 1.54) is 11.8 Å². The summed E-state index contributed by atoms with van der Waals surface area (Å²) in [5.41, 5.74) is 0.736. The number of aromatic nitrogens is 4. The number of carbonyl (C=O) groups excluding carboxylic acids is 1. The predicted molar refractivity (Wildman–Crippen MR) is 84.3 cm³/mol. The summed E-state index contributed by atoms with van der Waals surface area (Å²) >= 11 is 1.29. The van der Waals surface area contributed by atoms with Gasteiger partial charge in [0.2, 0.25) is 11.1 Å². The summed E-state index contributed by atoms with van der Waals surface area (Å²) in [5, 5.41) is 15.0. The van der Waals surface area contributed by atoms with Gasteiger partial charge in [-0.1, -0.05) is 37.7 Å². The first-order valence-electron chi connectivity index (χ1n) is 6.93. The van der Waals surface area contributed by atoms with Crippen molar-refractivity contribution < 1.29 is 9.53 Å². The maximum Gasteiger partial charge on any atom is 0.230 e. The highest BCUT2D eigenvalue weighted by atomic mass is 32.2. The van der Waals surface area contributed by atoms with Gasteiger partial charge < -0.3 is 10.1 Å². The molecule has 1 aromatic carbocycles. The smallest absolute Gasteiger partial charge is 0.230 e. The van der Waals surface area contributed by atoms with E-state index in [9.17, 15) is 4.79 Å². The largest absolute Gasteiger partial charge is 0.494 e. The molecule has 1 heterocycles. The normalized spacial score (nSPS) is 10.7. The number of nitrogens with one attached hydrogen (secondary N) is 1. The number of carbonyl (C=O) groups is 1. The molecule has 0 radical (unpaired) electrons. The van der Waals surface area contributed by atoms with E-state index in [0.29, 0.717) is 23.4 Å². The second kappa shape index (κ2) is 7.79. The van der Waals surface area contributed by atoms with E-state index in [1.807, 2.05) is 24.3 Å². The molecule has 2 aromatic rings. The topological polar surface area (TPSA) is 81.9 Å². The second-order valence-electron chi connectivity index (χ2n) is 5.03. The first-order chi connectivity index (χ1) is 10.6. The van der Waals surface area contributed by atoms with Crippen LogP contribution in [0.25, 0.3) is 5.69 Å². The van der Waals surface area contributed by atoms with Gasteiger partial charge in [0.25, 0.3) is 0 Å². The Bertz CT molecular complexity index is 629. The summed E-state index contributed by atoms with van der Waals surface area (Å²) in [4.78, 5) is 11.8. The van der Waals surface area contributed by atoms with E-state index in [-0.39, 0.29) is 11.7 Å². The first kappa shape index (κ1) is 16.3. The van der Waals surface area contributed by atoms with E-state index in [0.717, 1.165) is 5.69 Å². The summed E-state index contributed by atoms with van der Waals surface area (Å²) in [5.74, 6) is 1.32. The molecule has 0 saturated heterocycles. The quantitative estimate of drug-likeness (QED) is 0.779. The Labute approximate surface area is 133 Å². The molecular formula is C14H19N5O2S. The molecule has 2 rings (SSSR count). The van der Waals surface area contributed by atoms with Gasteiger partial charge in [-0.25, -0.2) is 0 Å². The van der Waals surface area contributed by atoms with Crippen LogP contribution in [0, 0.1) is 5.92 Å². The third kappa shape index (κ3) is 4.20. The Morgan fingerprint density at radius 1 is 1.41 bits per heavy atom. The number of methoxy groups -OCH3 is 1. The molecule has 8 heteroatoms. The number of tetrazole rings is 1. The molecule has 0 unspecified atom stereocenters. The lowest BCUT2D eigenvalue weighted by atomic mass is 10.2. The van der Waals surface area contributed by atoms with Crippen molar-refractivity contribution in [3.63, 3.8) is 0 Å². The fraction of sp³-hybridized carbons (Fsp3) is 0.429. The number of nitrogens with zero attached hydrogens (tertiary/aromatic N) is 4. The van der Waals surface area contributed by atoms with Crippen LogP contribution < -0.4 is 10.1 Å². The molecule has 0 aliphatic carbocycles. The lowest BCUT2D eigenvalue weighted by Gasteiger charge is -2.09. The number of amides is 1. The van der Waals surface area contributed by atoms with Crippen LogP contribution in [0.4, 0.5) is 0 Å². The van der Waals surface area contributed by atoms with Crippen LogP contribution in [-0.4, -0.2) is 45.5 Å². The zero-order valence-corrected chi connectivity index (χ0v) is 13.6. The molecule has 0 bridgehead atoms. The number of hydrogen-bond donors (Lipinski definition) is 1. The van der Waals surface area contributed by atoms with Crippen molar-refractivity contribution in [3.05, 3.63) is 24.3 Å². The van der Waals surface area contributed by atoms with Gasteiger partial charge in [0.15, 0.2) is 0 Å². The molecule has 1 amide bonds. The van der Waals surface area contributed by atoms with E-state index in [2.05, 4.69) is 34.7 Å². The van der Waals surface area contributed by atoms with Crippen molar-refractivity contribution in [1.29, 1.82) is 0 Å². The summed E-state index contributed by atoms with van der Waals surface area (Å²) in [7, 11) is 1.59. The molecule has 1 aromatic heterocycles. The molecule has 7 nitrogen and oxygen atoms in total. The third-order valence-electron chi connectivity index (χ3n) is 2.79. The molecule has 0 saturated carbocycles. The van der Waals surface area contributed by atoms with Crippen molar-refractivity contribution in [2.45, 2.75) is 19.0 Å². The zero-order chi connectivity index (χ0) is 15.9. The number of ether oxygens (including phenoxy) is 1. The van der Waals surface area contributed by atoms with E-state index in [4.69, 9.17) is 4.74 Å². The lowest BCUT2D eigenvalue weighted by molar-refractivity contribution is -0.118. The van der Waals surface area contributed by atoms with Gasteiger partial charge in [0.05, 0.1) is 12.9 Å². The predicted octanol–water partition coefficient (Wildman–Crippen LogP) is 1.54. The van der Waals surface area contributed by atoms with E-state index in [1.54, 1.807) is 11.8 Å². The molecule has 0 aliphatic heterocycles. The van der Waals surface area contributed by atoms with Crippen molar-refractivity contribution in [3.8, 4) is 11.4 Å². The zero-order valence-electron chi connectivity index (χ0n) is 12.8. The highest BCUT2D eigenvalue weighted by Gasteiger charge is 2.14. The van der Waals surface area contributed by atoms with Gasteiger partial charge in [-0.3, -0.25) is 4.79 Å². The van der Waals surface area contributed by atoms with Crippen LogP contribution >= 0.6 is 11.8 Å². The SMILES string of the molecule is COc1ccccc1-n1nnnc1SCC(=O)NCC(C)C. The standard InChI is InChI=1S/C14H19N5O2S/c1-10(2)8-15-13(20)9-22-14-16-17-18-19(14)11-6-4-5-7-12(11)21-3/h4-7,10H,8-9H2,1-3H3,(H,15,20). The summed E-state index contributed by atoms with van der Waals surface area (Å²) in [6.45, 7) is 4.77. The van der Waals surface area contributed by atoms with Gasteiger partial charge in [0, 0.05) is 6.54 Å². The highest BCUT2D eigenvalue weighted by Crippen LogP contribution is 2.25. The number of hydrogen-bond acceptors (Lipinski definition) is 6. The van der Waals surface area contributed by atoms with Crippen molar-refractivity contribution in [2.24, 2.45) is 5.92 Å². The molecule has 0 spiro atoms. The van der Waals surface area contributed by atoms with Crippen LogP contribution in [0.15, 0.2) is 29.4 Å². The second-order valence-corrected chi connectivity index (χ2v) is 5.97. The minimum Gasteiger partial charge on any atom is -0.494 e. The molecule has 0 aliphatic rings. The Morgan fingerprint density at radius 3 is 2.91 bits per heavy atom. The fourth-order valence-electron chi connectivity index (χ4n) is 1.72. The van der Waals surface area contributed by atoms with Crippen LogP contribution in [0.2, 0.25) is 0 Å².